The molecule has 2 aliphatic rings. The Morgan fingerprint density at radius 1 is 1.21 bits per heavy atom. The van der Waals surface area contributed by atoms with Crippen LogP contribution < -0.4 is 4.74 Å². The van der Waals surface area contributed by atoms with Crippen molar-refractivity contribution in [2.45, 2.75) is 13.3 Å². The van der Waals surface area contributed by atoms with Crippen LogP contribution in [0.3, 0.4) is 0 Å². The van der Waals surface area contributed by atoms with Crippen molar-refractivity contribution < 1.29 is 22.7 Å². The normalized spacial score (nSPS) is 23.9. The van der Waals surface area contributed by atoms with E-state index in [1.54, 1.807) is 34.1 Å². The molecule has 0 aliphatic carbocycles. The second-order valence-electron chi connectivity index (χ2n) is 7.64. The van der Waals surface area contributed by atoms with E-state index in [4.69, 9.17) is 4.74 Å². The van der Waals surface area contributed by atoms with Gasteiger partial charge in [-0.1, -0.05) is 6.07 Å². The van der Waals surface area contributed by atoms with Crippen LogP contribution in [0.1, 0.15) is 23.7 Å². The maximum atomic E-state index is 13.2. The van der Waals surface area contributed by atoms with Crippen molar-refractivity contribution in [2.24, 2.45) is 5.41 Å². The molecule has 2 fully saturated rings. The summed E-state index contributed by atoms with van der Waals surface area (Å²) in [6.07, 6.45) is 1.42. The van der Waals surface area contributed by atoms with Gasteiger partial charge in [0.05, 0.1) is 13.4 Å². The van der Waals surface area contributed by atoms with E-state index in [-0.39, 0.29) is 37.9 Å². The molecule has 0 aromatic heterocycles. The van der Waals surface area contributed by atoms with Crippen LogP contribution in [0.5, 0.6) is 5.75 Å². The van der Waals surface area contributed by atoms with Gasteiger partial charge in [0, 0.05) is 56.7 Å². The van der Waals surface area contributed by atoms with Gasteiger partial charge >= 0.3 is 0 Å². The summed E-state index contributed by atoms with van der Waals surface area (Å²) in [6, 6.07) is 6.91. The minimum Gasteiger partial charge on any atom is -0.497 e. The molecular weight excluding hydrogens is 382 g/mol. The first kappa shape index (κ1) is 20.6. The molecule has 1 aromatic rings. The second-order valence-corrected chi connectivity index (χ2v) is 9.62. The topological polar surface area (TPSA) is 87.2 Å². The predicted molar refractivity (Wildman–Crippen MR) is 105 cm³/mol. The second kappa shape index (κ2) is 7.71. The number of amides is 2. The van der Waals surface area contributed by atoms with Crippen LogP contribution in [0.4, 0.5) is 0 Å². The summed E-state index contributed by atoms with van der Waals surface area (Å²) in [5, 5.41) is 0. The Bertz CT molecular complexity index is 872. The SMILES string of the molecule is CCN1CC2(CC1=O)CN(C(=O)c1cccc(OC)c1)CCN(S(C)(=O)=O)C2. The zero-order valence-corrected chi connectivity index (χ0v) is 17.4. The van der Waals surface area contributed by atoms with Crippen LogP contribution in [-0.4, -0.2) is 87.0 Å². The van der Waals surface area contributed by atoms with Crippen LogP contribution >= 0.6 is 0 Å². The zero-order chi connectivity index (χ0) is 20.5. The number of carbonyl (C=O) groups excluding carboxylic acids is 2. The van der Waals surface area contributed by atoms with Crippen LogP contribution in [-0.2, 0) is 14.8 Å². The van der Waals surface area contributed by atoms with E-state index >= 15 is 0 Å². The zero-order valence-electron chi connectivity index (χ0n) is 16.6. The number of carbonyl (C=O) groups is 2. The fourth-order valence-electron chi connectivity index (χ4n) is 4.10. The van der Waals surface area contributed by atoms with E-state index in [2.05, 4.69) is 0 Å². The smallest absolute Gasteiger partial charge is 0.254 e. The van der Waals surface area contributed by atoms with Gasteiger partial charge in [0.15, 0.2) is 0 Å². The maximum Gasteiger partial charge on any atom is 0.254 e. The van der Waals surface area contributed by atoms with Gasteiger partial charge in [-0.05, 0) is 25.1 Å². The first-order valence-electron chi connectivity index (χ1n) is 9.34. The molecule has 0 N–H and O–H groups in total. The van der Waals surface area contributed by atoms with Gasteiger partial charge in [-0.15, -0.1) is 0 Å². The van der Waals surface area contributed by atoms with E-state index in [1.165, 1.54) is 17.7 Å². The summed E-state index contributed by atoms with van der Waals surface area (Å²) in [5.41, 5.74) is -0.111. The highest BCUT2D eigenvalue weighted by atomic mass is 32.2. The third-order valence-corrected chi connectivity index (χ3v) is 6.77. The molecule has 8 nitrogen and oxygen atoms in total. The molecule has 2 aliphatic heterocycles. The Morgan fingerprint density at radius 2 is 1.96 bits per heavy atom. The van der Waals surface area contributed by atoms with Crippen LogP contribution in [0, 0.1) is 5.41 Å². The van der Waals surface area contributed by atoms with E-state index in [0.717, 1.165) is 0 Å². The van der Waals surface area contributed by atoms with E-state index in [9.17, 15) is 18.0 Å². The Morgan fingerprint density at radius 3 is 2.57 bits per heavy atom. The van der Waals surface area contributed by atoms with Crippen molar-refractivity contribution in [3.8, 4) is 5.75 Å². The summed E-state index contributed by atoms with van der Waals surface area (Å²) in [5.74, 6) is 0.406. The molecule has 2 amide bonds. The van der Waals surface area contributed by atoms with Crippen LogP contribution in [0.2, 0.25) is 0 Å². The highest BCUT2D eigenvalue weighted by molar-refractivity contribution is 7.88. The quantitative estimate of drug-likeness (QED) is 0.729. The van der Waals surface area contributed by atoms with Crippen LogP contribution in [0.25, 0.3) is 0 Å². The average Bonchev–Trinajstić information content (AvgIpc) is 2.84. The molecule has 1 spiro atoms. The molecule has 2 heterocycles. The number of hydrogen-bond donors (Lipinski definition) is 0. The Hall–Kier alpha value is -2.13. The average molecular weight is 410 g/mol. The van der Waals surface area contributed by atoms with Crippen molar-refractivity contribution in [3.05, 3.63) is 29.8 Å². The van der Waals surface area contributed by atoms with Crippen molar-refractivity contribution in [1.82, 2.24) is 14.1 Å². The molecule has 28 heavy (non-hydrogen) atoms. The molecule has 1 atom stereocenters. The third kappa shape index (κ3) is 4.15. The van der Waals surface area contributed by atoms with Gasteiger partial charge < -0.3 is 14.5 Å². The number of likely N-dealkylation sites (tertiary alicyclic amines) is 1. The monoisotopic (exact) mass is 409 g/mol. The van der Waals surface area contributed by atoms with Gasteiger partial charge in [-0.2, -0.15) is 4.31 Å². The number of methoxy groups -OCH3 is 1. The summed E-state index contributed by atoms with van der Waals surface area (Å²) >= 11 is 0. The van der Waals surface area contributed by atoms with Crippen molar-refractivity contribution in [3.63, 3.8) is 0 Å². The van der Waals surface area contributed by atoms with Crippen molar-refractivity contribution >= 4 is 21.8 Å². The summed E-state index contributed by atoms with van der Waals surface area (Å²) in [4.78, 5) is 29.0. The maximum absolute atomic E-state index is 13.2. The molecular formula is C19H27N3O5S. The standard InChI is InChI=1S/C19H27N3O5S/c1-4-20-12-19(11-17(20)23)13-21(8-9-22(14-19)28(3,25)26)18(24)15-6-5-7-16(10-15)27-2/h5-7,10H,4,8-9,11-14H2,1-3H3. The van der Waals surface area contributed by atoms with Gasteiger partial charge in [-0.3, -0.25) is 9.59 Å². The molecule has 3 rings (SSSR count). The molecule has 0 saturated carbocycles. The minimum absolute atomic E-state index is 0.00614. The molecule has 1 unspecified atom stereocenters. The number of benzene rings is 1. The van der Waals surface area contributed by atoms with Gasteiger partial charge in [0.25, 0.3) is 5.91 Å². The minimum atomic E-state index is -3.43. The van der Waals surface area contributed by atoms with Gasteiger partial charge in [0.2, 0.25) is 15.9 Å². The highest BCUT2D eigenvalue weighted by Gasteiger charge is 2.48. The van der Waals surface area contributed by atoms with Gasteiger partial charge in [-0.25, -0.2) is 8.42 Å². The lowest BCUT2D eigenvalue weighted by molar-refractivity contribution is -0.127. The van der Waals surface area contributed by atoms with E-state index in [1.807, 2.05) is 6.92 Å². The largest absolute Gasteiger partial charge is 0.497 e. The molecule has 9 heteroatoms. The fourth-order valence-corrected chi connectivity index (χ4v) is 5.02. The highest BCUT2D eigenvalue weighted by Crippen LogP contribution is 2.36. The number of sulfonamides is 1. The Labute approximate surface area is 166 Å². The lowest BCUT2D eigenvalue weighted by atomic mass is 9.86. The van der Waals surface area contributed by atoms with Crippen molar-refractivity contribution in [1.29, 1.82) is 0 Å². The molecule has 2 saturated heterocycles. The molecule has 0 radical (unpaired) electrons. The van der Waals surface area contributed by atoms with E-state index in [0.29, 0.717) is 30.9 Å². The lowest BCUT2D eigenvalue weighted by Crippen LogP contribution is -2.45. The first-order valence-corrected chi connectivity index (χ1v) is 11.2. The third-order valence-electron chi connectivity index (χ3n) is 5.52. The summed E-state index contributed by atoms with van der Waals surface area (Å²) < 4.78 is 31.1. The molecule has 1 aromatic carbocycles. The fraction of sp³-hybridized carbons (Fsp3) is 0.579. The predicted octanol–water partition coefficient (Wildman–Crippen LogP) is 0.651. The van der Waals surface area contributed by atoms with E-state index < -0.39 is 15.4 Å². The Kier molecular flexibility index (Phi) is 5.67. The van der Waals surface area contributed by atoms with Crippen molar-refractivity contribution in [2.75, 3.05) is 52.6 Å². The molecule has 0 bridgehead atoms. The molecule has 154 valence electrons. The number of nitrogens with zero attached hydrogens (tertiary/aromatic N) is 3. The van der Waals surface area contributed by atoms with Gasteiger partial charge in [0.1, 0.15) is 5.75 Å². The van der Waals surface area contributed by atoms with Crippen LogP contribution in [0.15, 0.2) is 24.3 Å². The first-order chi connectivity index (χ1) is 13.2. The number of rotatable bonds is 4. The summed E-state index contributed by atoms with van der Waals surface area (Å²) in [6.45, 7) is 4.02. The number of hydrogen-bond acceptors (Lipinski definition) is 5. The lowest BCUT2D eigenvalue weighted by Gasteiger charge is -2.33. The number of ether oxygens (including phenoxy) is 1. The Balaban J connectivity index is 1.92. The summed E-state index contributed by atoms with van der Waals surface area (Å²) in [7, 11) is -1.89.